The molecule has 0 N–H and O–H groups in total. The fourth-order valence-electron chi connectivity index (χ4n) is 3.78. The number of rotatable bonds is 4. The van der Waals surface area contributed by atoms with Gasteiger partial charge in [0.1, 0.15) is 0 Å². The fraction of sp³-hybridized carbons (Fsp3) is 0.684. The van der Waals surface area contributed by atoms with Crippen molar-refractivity contribution in [1.29, 1.82) is 0 Å². The molecule has 7 heteroatoms. The van der Waals surface area contributed by atoms with Crippen LogP contribution < -0.4 is 5.56 Å². The van der Waals surface area contributed by atoms with Crippen LogP contribution in [0.25, 0.3) is 0 Å². The number of hydrogen-bond acceptors (Lipinski definition) is 3. The summed E-state index contributed by atoms with van der Waals surface area (Å²) in [6, 6.07) is 2.47. The molecule has 0 bridgehead atoms. The summed E-state index contributed by atoms with van der Waals surface area (Å²) in [5.41, 5.74) is 0.0518. The van der Waals surface area contributed by atoms with Gasteiger partial charge in [-0.25, -0.2) is 8.78 Å². The summed E-state index contributed by atoms with van der Waals surface area (Å²) in [6.45, 7) is 6.69. The molecule has 0 unspecified atom stereocenters. The number of carbonyl (C=O) groups excluding carboxylic acids is 1. The third-order valence-electron chi connectivity index (χ3n) is 4.92. The number of ketones is 1. The average molecular weight is 374 g/mol. The van der Waals surface area contributed by atoms with Gasteiger partial charge in [0.15, 0.2) is 11.7 Å². The van der Waals surface area contributed by atoms with Crippen molar-refractivity contribution in [1.82, 2.24) is 9.47 Å². The second-order valence-corrected chi connectivity index (χ2v) is 6.60. The van der Waals surface area contributed by atoms with E-state index in [-0.39, 0.29) is 11.3 Å². The van der Waals surface area contributed by atoms with Crippen LogP contribution in [0, 0.1) is 11.4 Å². The van der Waals surface area contributed by atoms with Crippen LogP contribution in [0.1, 0.15) is 56.8 Å². The van der Waals surface area contributed by atoms with Gasteiger partial charge in [-0.1, -0.05) is 26.7 Å². The SMILES string of the molecule is CC.CC(=O)c1ccc(F)n(CCN2CC3(CCCC3)C2)c1=O.FCF. The number of Topliss-reactive ketones (excluding diaryl/α,β-unsaturated/α-hetero) is 1. The van der Waals surface area contributed by atoms with Gasteiger partial charge in [0.25, 0.3) is 5.56 Å². The van der Waals surface area contributed by atoms with E-state index in [9.17, 15) is 22.8 Å². The number of likely N-dealkylation sites (tertiary alicyclic amines) is 1. The highest BCUT2D eigenvalue weighted by atomic mass is 19.3. The molecule has 1 saturated carbocycles. The Morgan fingerprint density at radius 1 is 1.12 bits per heavy atom. The first-order valence-electron chi connectivity index (χ1n) is 9.17. The Balaban J connectivity index is 0.000000615. The van der Waals surface area contributed by atoms with Crippen LogP contribution in [-0.2, 0) is 6.54 Å². The van der Waals surface area contributed by atoms with Crippen LogP contribution in [0.4, 0.5) is 13.2 Å². The van der Waals surface area contributed by atoms with Gasteiger partial charge in [0.05, 0.1) is 5.56 Å². The van der Waals surface area contributed by atoms with E-state index in [1.165, 1.54) is 44.7 Å². The molecule has 1 aromatic rings. The van der Waals surface area contributed by atoms with Crippen LogP contribution in [-0.4, -0.2) is 41.8 Å². The minimum Gasteiger partial charge on any atom is -0.300 e. The van der Waals surface area contributed by atoms with Crippen LogP contribution in [0.2, 0.25) is 0 Å². The molecule has 148 valence electrons. The lowest BCUT2D eigenvalue weighted by Gasteiger charge is -2.48. The van der Waals surface area contributed by atoms with E-state index in [1.807, 2.05) is 13.8 Å². The molecule has 0 atom stereocenters. The van der Waals surface area contributed by atoms with Crippen molar-refractivity contribution in [2.75, 3.05) is 26.6 Å². The molecule has 1 spiro atoms. The molecule has 0 amide bonds. The first kappa shape index (κ1) is 22.4. The summed E-state index contributed by atoms with van der Waals surface area (Å²) in [4.78, 5) is 25.7. The summed E-state index contributed by atoms with van der Waals surface area (Å²) in [5.74, 6) is -0.885. The molecule has 1 saturated heterocycles. The zero-order chi connectivity index (χ0) is 19.7. The minimum absolute atomic E-state index is 0.0623. The van der Waals surface area contributed by atoms with Gasteiger partial charge in [-0.3, -0.25) is 14.2 Å². The van der Waals surface area contributed by atoms with Gasteiger partial charge in [-0.2, -0.15) is 4.39 Å². The zero-order valence-electron chi connectivity index (χ0n) is 15.9. The number of halogens is 3. The number of nitrogens with zero attached hydrogens (tertiary/aromatic N) is 2. The molecular formula is C19H29F3N2O2. The molecule has 1 aliphatic heterocycles. The lowest BCUT2D eigenvalue weighted by molar-refractivity contribution is 0.00328. The first-order valence-corrected chi connectivity index (χ1v) is 9.17. The first-order chi connectivity index (χ1) is 12.4. The molecule has 4 nitrogen and oxygen atoms in total. The van der Waals surface area contributed by atoms with Gasteiger partial charge in [0, 0.05) is 26.2 Å². The Morgan fingerprint density at radius 3 is 2.15 bits per heavy atom. The van der Waals surface area contributed by atoms with Gasteiger partial charge in [0.2, 0.25) is 6.93 Å². The Hall–Kier alpha value is -1.63. The predicted molar refractivity (Wildman–Crippen MR) is 96.4 cm³/mol. The Morgan fingerprint density at radius 2 is 1.65 bits per heavy atom. The zero-order valence-corrected chi connectivity index (χ0v) is 15.9. The highest BCUT2D eigenvalue weighted by Crippen LogP contribution is 2.45. The molecule has 3 rings (SSSR count). The summed E-state index contributed by atoms with van der Waals surface area (Å²) in [7, 11) is 0. The van der Waals surface area contributed by atoms with E-state index in [4.69, 9.17) is 0 Å². The number of pyridine rings is 1. The minimum atomic E-state index is -1.75. The van der Waals surface area contributed by atoms with Crippen LogP contribution in [0.3, 0.4) is 0 Å². The maximum atomic E-state index is 13.8. The van der Waals surface area contributed by atoms with Crippen LogP contribution >= 0.6 is 0 Å². The summed E-state index contributed by atoms with van der Waals surface area (Å²) >= 11 is 0. The molecule has 1 aliphatic carbocycles. The maximum Gasteiger partial charge on any atom is 0.263 e. The van der Waals surface area contributed by atoms with E-state index in [0.29, 0.717) is 18.5 Å². The number of hydrogen-bond donors (Lipinski definition) is 0. The molecule has 1 aromatic heterocycles. The highest BCUT2D eigenvalue weighted by molar-refractivity contribution is 5.93. The third kappa shape index (κ3) is 5.43. The molecule has 0 radical (unpaired) electrons. The van der Waals surface area contributed by atoms with E-state index in [2.05, 4.69) is 4.90 Å². The fourth-order valence-corrected chi connectivity index (χ4v) is 3.78. The van der Waals surface area contributed by atoms with Crippen LogP contribution in [0.15, 0.2) is 16.9 Å². The van der Waals surface area contributed by atoms with Crippen LogP contribution in [0.5, 0.6) is 0 Å². The molecule has 2 aliphatic rings. The van der Waals surface area contributed by atoms with E-state index < -0.39 is 18.4 Å². The lowest BCUT2D eigenvalue weighted by atomic mass is 9.78. The molecule has 26 heavy (non-hydrogen) atoms. The van der Waals surface area contributed by atoms with Crippen molar-refractivity contribution >= 4 is 5.78 Å². The van der Waals surface area contributed by atoms with Crippen molar-refractivity contribution in [3.05, 3.63) is 34.0 Å². The Labute approximate surface area is 153 Å². The smallest absolute Gasteiger partial charge is 0.263 e. The Kier molecular flexibility index (Phi) is 9.05. The quantitative estimate of drug-likeness (QED) is 0.591. The van der Waals surface area contributed by atoms with E-state index in [0.717, 1.165) is 17.7 Å². The van der Waals surface area contributed by atoms with E-state index in [1.54, 1.807) is 0 Å². The molecule has 2 heterocycles. The van der Waals surface area contributed by atoms with Crippen molar-refractivity contribution < 1.29 is 18.0 Å². The lowest BCUT2D eigenvalue weighted by Crippen LogP contribution is -2.55. The largest absolute Gasteiger partial charge is 0.300 e. The molecule has 0 aromatic carbocycles. The van der Waals surface area contributed by atoms with Crippen molar-refractivity contribution in [2.45, 2.75) is 53.0 Å². The average Bonchev–Trinajstić information content (AvgIpc) is 3.06. The highest BCUT2D eigenvalue weighted by Gasteiger charge is 2.44. The van der Waals surface area contributed by atoms with Gasteiger partial charge < -0.3 is 4.90 Å². The molecular weight excluding hydrogens is 345 g/mol. The summed E-state index contributed by atoms with van der Waals surface area (Å²) < 4.78 is 34.1. The third-order valence-corrected chi connectivity index (χ3v) is 4.92. The standard InChI is InChI=1S/C16H21FN2O2.C2H6.CH2F2/c1-12(20)13-4-5-14(17)19(15(13)21)9-8-18-10-16(11-18)6-2-3-7-16;1-2;2-1-3/h4-5H,2-3,6-11H2,1H3;1-2H3;1H2. The normalized spacial score (nSPS) is 17.6. The van der Waals surface area contributed by atoms with Crippen molar-refractivity contribution in [3.8, 4) is 0 Å². The van der Waals surface area contributed by atoms with E-state index >= 15 is 0 Å². The number of carbonyl (C=O) groups is 1. The second kappa shape index (κ2) is 10.5. The summed E-state index contributed by atoms with van der Waals surface area (Å²) in [6.07, 6.45) is 5.25. The van der Waals surface area contributed by atoms with Gasteiger partial charge in [-0.05, 0) is 37.3 Å². The number of alkyl halides is 2. The van der Waals surface area contributed by atoms with Crippen molar-refractivity contribution in [2.24, 2.45) is 5.41 Å². The summed E-state index contributed by atoms with van der Waals surface area (Å²) in [5, 5.41) is 0. The Bertz CT molecular complexity index is 632. The monoisotopic (exact) mass is 374 g/mol. The molecule has 2 fully saturated rings. The van der Waals surface area contributed by atoms with Crippen molar-refractivity contribution in [3.63, 3.8) is 0 Å². The predicted octanol–water partition coefficient (Wildman–Crippen LogP) is 3.98. The maximum absolute atomic E-state index is 13.8. The number of aromatic nitrogens is 1. The van der Waals surface area contributed by atoms with Gasteiger partial charge >= 0.3 is 0 Å². The topological polar surface area (TPSA) is 42.3 Å². The van der Waals surface area contributed by atoms with Gasteiger partial charge in [-0.15, -0.1) is 0 Å². The second-order valence-electron chi connectivity index (χ2n) is 6.60.